The summed E-state index contributed by atoms with van der Waals surface area (Å²) in [6.07, 6.45) is 3.85. The minimum atomic E-state index is 0.0988. The normalized spacial score (nSPS) is 9.80. The van der Waals surface area contributed by atoms with Crippen LogP contribution in [-0.4, -0.2) is 21.7 Å². The minimum Gasteiger partial charge on any atom is -0.396 e. The maximum absolute atomic E-state index is 8.50. The minimum absolute atomic E-state index is 0.0988. The third-order valence-corrected chi connectivity index (χ3v) is 1.42. The molecule has 1 aromatic heterocycles. The molecule has 0 atom stereocenters. The van der Waals surface area contributed by atoms with Crippen LogP contribution < -0.4 is 0 Å². The smallest absolute Gasteiger partial charge is 0.130 e. The molecule has 1 aromatic rings. The van der Waals surface area contributed by atoms with Gasteiger partial charge in [-0.05, 0) is 15.9 Å². The van der Waals surface area contributed by atoms with Gasteiger partial charge in [0.15, 0.2) is 0 Å². The summed E-state index contributed by atoms with van der Waals surface area (Å²) in [5.74, 6) is 0.672. The molecule has 0 bridgehead atoms. The van der Waals surface area contributed by atoms with Crippen molar-refractivity contribution in [3.8, 4) is 0 Å². The SMILES string of the molecule is OCCc1ncc(Br)cn1. The summed E-state index contributed by atoms with van der Waals surface area (Å²) < 4.78 is 0.856. The summed E-state index contributed by atoms with van der Waals surface area (Å²) in [5, 5.41) is 8.50. The first kappa shape index (κ1) is 7.63. The molecule has 0 saturated heterocycles. The Balaban J connectivity index is 2.69. The van der Waals surface area contributed by atoms with Crippen molar-refractivity contribution in [3.63, 3.8) is 0 Å². The molecule has 0 saturated carbocycles. The number of hydrogen-bond acceptors (Lipinski definition) is 3. The molecule has 0 spiro atoms. The lowest BCUT2D eigenvalue weighted by atomic mass is 10.4. The van der Waals surface area contributed by atoms with Crippen molar-refractivity contribution in [2.45, 2.75) is 6.42 Å². The predicted octanol–water partition coefficient (Wildman–Crippen LogP) is 0.774. The van der Waals surface area contributed by atoms with Crippen molar-refractivity contribution in [1.82, 2.24) is 9.97 Å². The van der Waals surface area contributed by atoms with E-state index < -0.39 is 0 Å². The molecule has 10 heavy (non-hydrogen) atoms. The van der Waals surface area contributed by atoms with Gasteiger partial charge in [-0.3, -0.25) is 0 Å². The van der Waals surface area contributed by atoms with Crippen LogP contribution in [-0.2, 0) is 6.42 Å². The lowest BCUT2D eigenvalue weighted by Gasteiger charge is -1.93. The largest absolute Gasteiger partial charge is 0.396 e. The fourth-order valence-electron chi connectivity index (χ4n) is 0.568. The van der Waals surface area contributed by atoms with Crippen LogP contribution in [0.3, 0.4) is 0 Å². The van der Waals surface area contributed by atoms with Gasteiger partial charge in [-0.1, -0.05) is 0 Å². The standard InChI is InChI=1S/C6H7BrN2O/c7-5-3-8-6(1-2-10)9-4-5/h3-4,10H,1-2H2. The van der Waals surface area contributed by atoms with Crippen LogP contribution in [0.4, 0.5) is 0 Å². The molecule has 0 aromatic carbocycles. The lowest BCUT2D eigenvalue weighted by molar-refractivity contribution is 0.296. The molecule has 1 heterocycles. The highest BCUT2D eigenvalue weighted by molar-refractivity contribution is 9.10. The molecule has 3 nitrogen and oxygen atoms in total. The van der Waals surface area contributed by atoms with E-state index in [-0.39, 0.29) is 6.61 Å². The van der Waals surface area contributed by atoms with Crippen LogP contribution in [0, 0.1) is 0 Å². The predicted molar refractivity (Wildman–Crippen MR) is 40.5 cm³/mol. The van der Waals surface area contributed by atoms with Gasteiger partial charge in [-0.25, -0.2) is 9.97 Å². The molecule has 0 unspecified atom stereocenters. The number of aliphatic hydroxyl groups excluding tert-OH is 1. The molecule has 0 aliphatic carbocycles. The van der Waals surface area contributed by atoms with E-state index in [1.165, 1.54) is 0 Å². The van der Waals surface area contributed by atoms with E-state index in [2.05, 4.69) is 25.9 Å². The van der Waals surface area contributed by atoms with E-state index in [0.29, 0.717) is 12.2 Å². The summed E-state index contributed by atoms with van der Waals surface area (Å²) in [7, 11) is 0. The zero-order chi connectivity index (χ0) is 7.40. The Labute approximate surface area is 67.3 Å². The maximum atomic E-state index is 8.50. The van der Waals surface area contributed by atoms with Crippen LogP contribution in [0.2, 0.25) is 0 Å². The number of hydrogen-bond donors (Lipinski definition) is 1. The van der Waals surface area contributed by atoms with E-state index in [1.807, 2.05) is 0 Å². The van der Waals surface area contributed by atoms with Gasteiger partial charge in [0.2, 0.25) is 0 Å². The van der Waals surface area contributed by atoms with E-state index in [9.17, 15) is 0 Å². The summed E-state index contributed by atoms with van der Waals surface area (Å²) >= 11 is 3.21. The zero-order valence-electron chi connectivity index (χ0n) is 5.29. The molecule has 1 N–H and O–H groups in total. The number of aromatic nitrogens is 2. The Morgan fingerprint density at radius 2 is 2.00 bits per heavy atom. The average Bonchev–Trinajstić information content (AvgIpc) is 1.95. The summed E-state index contributed by atoms with van der Waals surface area (Å²) in [6, 6.07) is 0. The Morgan fingerprint density at radius 1 is 1.40 bits per heavy atom. The average molecular weight is 203 g/mol. The fraction of sp³-hybridized carbons (Fsp3) is 0.333. The molecule has 0 aliphatic rings. The molecule has 0 radical (unpaired) electrons. The van der Waals surface area contributed by atoms with Crippen LogP contribution in [0.1, 0.15) is 5.82 Å². The molecular weight excluding hydrogens is 196 g/mol. The summed E-state index contributed by atoms with van der Waals surface area (Å²) in [5.41, 5.74) is 0. The van der Waals surface area contributed by atoms with Gasteiger partial charge in [0.25, 0.3) is 0 Å². The number of aliphatic hydroxyl groups is 1. The van der Waals surface area contributed by atoms with Crippen LogP contribution in [0.5, 0.6) is 0 Å². The van der Waals surface area contributed by atoms with E-state index in [1.54, 1.807) is 12.4 Å². The van der Waals surface area contributed by atoms with Crippen LogP contribution in [0.15, 0.2) is 16.9 Å². The molecule has 54 valence electrons. The maximum Gasteiger partial charge on any atom is 0.130 e. The molecular formula is C6H7BrN2O. The summed E-state index contributed by atoms with van der Waals surface area (Å²) in [4.78, 5) is 7.90. The first-order valence-corrected chi connectivity index (χ1v) is 3.69. The topological polar surface area (TPSA) is 46.0 Å². The van der Waals surface area contributed by atoms with Crippen LogP contribution >= 0.6 is 15.9 Å². The van der Waals surface area contributed by atoms with Gasteiger partial charge in [-0.2, -0.15) is 0 Å². The van der Waals surface area contributed by atoms with Gasteiger partial charge >= 0.3 is 0 Å². The molecule has 0 fully saturated rings. The van der Waals surface area contributed by atoms with E-state index >= 15 is 0 Å². The Hall–Kier alpha value is -0.480. The van der Waals surface area contributed by atoms with E-state index in [4.69, 9.17) is 5.11 Å². The van der Waals surface area contributed by atoms with Gasteiger partial charge in [0, 0.05) is 18.8 Å². The number of rotatable bonds is 2. The first-order chi connectivity index (χ1) is 4.83. The van der Waals surface area contributed by atoms with Gasteiger partial charge in [0.1, 0.15) is 5.82 Å². The molecule has 0 amide bonds. The zero-order valence-corrected chi connectivity index (χ0v) is 6.87. The van der Waals surface area contributed by atoms with Crippen molar-refractivity contribution in [2.75, 3.05) is 6.61 Å². The highest BCUT2D eigenvalue weighted by atomic mass is 79.9. The van der Waals surface area contributed by atoms with Crippen molar-refractivity contribution >= 4 is 15.9 Å². The fourth-order valence-corrected chi connectivity index (χ4v) is 0.773. The Bertz CT molecular complexity index is 199. The molecule has 4 heteroatoms. The van der Waals surface area contributed by atoms with Gasteiger partial charge in [-0.15, -0.1) is 0 Å². The second-order valence-electron chi connectivity index (χ2n) is 1.79. The third kappa shape index (κ3) is 2.04. The second kappa shape index (κ2) is 3.63. The third-order valence-electron chi connectivity index (χ3n) is 1.01. The highest BCUT2D eigenvalue weighted by Crippen LogP contribution is 2.03. The van der Waals surface area contributed by atoms with Gasteiger partial charge in [0.05, 0.1) is 11.1 Å². The van der Waals surface area contributed by atoms with Crippen LogP contribution in [0.25, 0.3) is 0 Å². The van der Waals surface area contributed by atoms with Gasteiger partial charge < -0.3 is 5.11 Å². The monoisotopic (exact) mass is 202 g/mol. The summed E-state index contributed by atoms with van der Waals surface area (Å²) in [6.45, 7) is 0.0988. The van der Waals surface area contributed by atoms with Crippen molar-refractivity contribution in [1.29, 1.82) is 0 Å². The number of halogens is 1. The Kier molecular flexibility index (Phi) is 2.77. The second-order valence-corrected chi connectivity index (χ2v) is 2.71. The Morgan fingerprint density at radius 3 is 2.50 bits per heavy atom. The highest BCUT2D eigenvalue weighted by Gasteiger charge is 1.92. The van der Waals surface area contributed by atoms with Crippen molar-refractivity contribution in [2.24, 2.45) is 0 Å². The van der Waals surface area contributed by atoms with E-state index in [0.717, 1.165) is 4.47 Å². The quantitative estimate of drug-likeness (QED) is 0.772. The molecule has 1 rings (SSSR count). The number of nitrogens with zero attached hydrogens (tertiary/aromatic N) is 2. The van der Waals surface area contributed by atoms with Crippen molar-refractivity contribution < 1.29 is 5.11 Å². The van der Waals surface area contributed by atoms with Crippen molar-refractivity contribution in [3.05, 3.63) is 22.7 Å². The first-order valence-electron chi connectivity index (χ1n) is 2.90. The lowest BCUT2D eigenvalue weighted by Crippen LogP contribution is -1.96. The molecule has 0 aliphatic heterocycles.